The van der Waals surface area contributed by atoms with Crippen LogP contribution in [0.5, 0.6) is 17.2 Å². The van der Waals surface area contributed by atoms with Crippen LogP contribution in [0.15, 0.2) is 54.3 Å². The molecule has 0 aromatic heterocycles. The van der Waals surface area contributed by atoms with Crippen LogP contribution in [0.4, 0.5) is 0 Å². The van der Waals surface area contributed by atoms with E-state index < -0.39 is 5.41 Å². The van der Waals surface area contributed by atoms with Crippen LogP contribution in [0.25, 0.3) is 0 Å². The average molecular weight is 822 g/mol. The molecule has 3 aromatic carbocycles. The van der Waals surface area contributed by atoms with Crippen LogP contribution in [0.2, 0.25) is 0 Å². The highest BCUT2D eigenvalue weighted by Gasteiger charge is 2.32. The Bertz CT molecular complexity index is 1160. The molecule has 0 aliphatic rings. The summed E-state index contributed by atoms with van der Waals surface area (Å²) >= 11 is 20.8. The Hall–Kier alpha value is -0.0600. The fourth-order valence-corrected chi connectivity index (χ4v) is 6.75. The van der Waals surface area contributed by atoms with E-state index in [9.17, 15) is 15.3 Å². The summed E-state index contributed by atoms with van der Waals surface area (Å²) in [6.45, 7) is 2.13. The highest BCUT2D eigenvalue weighted by atomic mass is 79.9. The summed E-state index contributed by atoms with van der Waals surface area (Å²) in [6, 6.07) is 11.6. The minimum Gasteiger partial charge on any atom is -0.506 e. The molecule has 170 valence electrons. The van der Waals surface area contributed by atoms with Gasteiger partial charge in [-0.15, -0.1) is 0 Å². The van der Waals surface area contributed by atoms with Crippen molar-refractivity contribution in [3.8, 4) is 17.2 Å². The Morgan fingerprint density at radius 2 is 1.03 bits per heavy atom. The van der Waals surface area contributed by atoms with E-state index in [4.69, 9.17) is 0 Å². The van der Waals surface area contributed by atoms with Gasteiger partial charge < -0.3 is 15.3 Å². The van der Waals surface area contributed by atoms with E-state index in [1.807, 2.05) is 36.4 Å². The lowest BCUT2D eigenvalue weighted by atomic mass is 9.71. The van der Waals surface area contributed by atoms with Gasteiger partial charge in [0.15, 0.2) is 0 Å². The van der Waals surface area contributed by atoms with Gasteiger partial charge in [0.05, 0.1) is 17.9 Å². The molecule has 0 saturated heterocycles. The minimum absolute atomic E-state index is 0.137. The van der Waals surface area contributed by atoms with Crippen LogP contribution in [0, 0.1) is 0 Å². The van der Waals surface area contributed by atoms with Crippen LogP contribution in [-0.4, -0.2) is 15.3 Å². The van der Waals surface area contributed by atoms with Gasteiger partial charge in [-0.2, -0.15) is 0 Å². The van der Waals surface area contributed by atoms with Crippen molar-refractivity contribution in [3.05, 3.63) is 82.1 Å². The minimum atomic E-state index is -0.536. The molecule has 0 aliphatic heterocycles. The van der Waals surface area contributed by atoms with Crippen molar-refractivity contribution < 1.29 is 15.3 Å². The molecule has 0 spiro atoms. The third kappa shape index (κ3) is 5.28. The summed E-state index contributed by atoms with van der Waals surface area (Å²) in [7, 11) is 0. The van der Waals surface area contributed by atoms with E-state index in [1.54, 1.807) is 0 Å². The summed E-state index contributed by atoms with van der Waals surface area (Å²) < 4.78 is 2.41. The monoisotopic (exact) mass is 816 g/mol. The van der Waals surface area contributed by atoms with Gasteiger partial charge in [0, 0.05) is 27.2 Å². The van der Waals surface area contributed by atoms with Crippen LogP contribution >= 0.6 is 95.6 Å². The highest BCUT2D eigenvalue weighted by molar-refractivity contribution is 9.11. The highest BCUT2D eigenvalue weighted by Crippen LogP contribution is 2.45. The van der Waals surface area contributed by atoms with Crippen LogP contribution in [-0.2, 0) is 22.5 Å². The lowest BCUT2D eigenvalue weighted by molar-refractivity contribution is 0.463. The Morgan fingerprint density at radius 3 is 1.53 bits per heavy atom. The molecule has 9 heteroatoms. The number of halogens is 6. The standard InChI is InChI=1S/C23H18Br6O3/c1-23(15-6-18(28)22(32)19(29)7-15,14-4-13(10-25)21(31)17(27)5-14)8-11-2-12(9-24)20(30)16(26)3-11/h2-7,30-32H,8-10H2,1H3. The second-order valence-electron chi connectivity index (χ2n) is 7.62. The molecule has 0 radical (unpaired) electrons. The number of rotatable bonds is 6. The lowest BCUT2D eigenvalue weighted by Gasteiger charge is -2.33. The number of aromatic hydroxyl groups is 3. The van der Waals surface area contributed by atoms with E-state index in [2.05, 4.69) is 103 Å². The molecule has 1 unspecified atom stereocenters. The Labute approximate surface area is 237 Å². The van der Waals surface area contributed by atoms with E-state index in [1.165, 1.54) is 0 Å². The maximum atomic E-state index is 10.4. The van der Waals surface area contributed by atoms with Crippen LogP contribution < -0.4 is 0 Å². The lowest BCUT2D eigenvalue weighted by Crippen LogP contribution is -2.27. The second kappa shape index (κ2) is 10.7. The molecule has 32 heavy (non-hydrogen) atoms. The van der Waals surface area contributed by atoms with Gasteiger partial charge in [0.2, 0.25) is 0 Å². The maximum absolute atomic E-state index is 10.4. The summed E-state index contributed by atoms with van der Waals surface area (Å²) in [5.41, 5.74) is 4.01. The van der Waals surface area contributed by atoms with Gasteiger partial charge in [-0.1, -0.05) is 50.9 Å². The summed E-state index contributed by atoms with van der Waals surface area (Å²) in [6.07, 6.45) is 0.606. The van der Waals surface area contributed by atoms with Gasteiger partial charge in [0.25, 0.3) is 0 Å². The predicted octanol–water partition coefficient (Wildman–Crippen LogP) is 9.19. The number of hydrogen-bond donors (Lipinski definition) is 3. The quantitative estimate of drug-likeness (QED) is 0.218. The number of alkyl halides is 2. The van der Waals surface area contributed by atoms with Gasteiger partial charge in [-0.3, -0.25) is 0 Å². The zero-order valence-electron chi connectivity index (χ0n) is 16.7. The van der Waals surface area contributed by atoms with Gasteiger partial charge in [-0.25, -0.2) is 0 Å². The Kier molecular flexibility index (Phi) is 8.87. The predicted molar refractivity (Wildman–Crippen MR) is 151 cm³/mol. The summed E-state index contributed by atoms with van der Waals surface area (Å²) in [5.74, 6) is 0.560. The number of benzene rings is 3. The third-order valence-electron chi connectivity index (χ3n) is 5.48. The van der Waals surface area contributed by atoms with Crippen molar-refractivity contribution in [1.82, 2.24) is 0 Å². The van der Waals surface area contributed by atoms with E-state index in [0.29, 0.717) is 35.0 Å². The molecule has 0 saturated carbocycles. The second-order valence-corrected chi connectivity index (χ2v) is 12.2. The number of phenols is 3. The van der Waals surface area contributed by atoms with E-state index in [0.717, 1.165) is 27.8 Å². The Morgan fingerprint density at radius 1 is 0.625 bits per heavy atom. The first-order chi connectivity index (χ1) is 15.0. The molecular formula is C23H18Br6O3. The SMILES string of the molecule is CC(Cc1cc(Br)c(O)c(CBr)c1)(c1cc(Br)c(O)c(Br)c1)c1cc(Br)c(O)c(CBr)c1. The molecular weight excluding hydrogens is 804 g/mol. The Balaban J connectivity index is 2.28. The number of phenolic OH excluding ortho intramolecular Hbond substituents is 3. The van der Waals surface area contributed by atoms with Gasteiger partial charge in [0.1, 0.15) is 17.2 Å². The molecule has 0 bridgehead atoms. The normalized spacial score (nSPS) is 13.2. The molecule has 3 aromatic rings. The summed E-state index contributed by atoms with van der Waals surface area (Å²) in [5, 5.41) is 32.1. The molecule has 1 atom stereocenters. The van der Waals surface area contributed by atoms with Crippen molar-refractivity contribution >= 4 is 95.6 Å². The fraction of sp³-hybridized carbons (Fsp3) is 0.217. The van der Waals surface area contributed by atoms with Gasteiger partial charge >= 0.3 is 0 Å². The van der Waals surface area contributed by atoms with E-state index >= 15 is 0 Å². The van der Waals surface area contributed by atoms with E-state index in [-0.39, 0.29) is 17.2 Å². The van der Waals surface area contributed by atoms with Crippen molar-refractivity contribution in [2.24, 2.45) is 0 Å². The zero-order chi connectivity index (χ0) is 23.8. The average Bonchev–Trinajstić information content (AvgIpc) is 2.75. The third-order valence-corrected chi connectivity index (χ3v) is 9.11. The molecule has 0 amide bonds. The first-order valence-electron chi connectivity index (χ1n) is 9.34. The zero-order valence-corrected chi connectivity index (χ0v) is 26.2. The molecule has 3 N–H and O–H groups in total. The van der Waals surface area contributed by atoms with Gasteiger partial charge in [-0.05, 0) is 111 Å². The number of hydrogen-bond acceptors (Lipinski definition) is 3. The molecule has 0 aliphatic carbocycles. The molecule has 0 heterocycles. The largest absolute Gasteiger partial charge is 0.506 e. The molecule has 3 rings (SSSR count). The first-order valence-corrected chi connectivity index (χ1v) is 14.8. The van der Waals surface area contributed by atoms with Crippen molar-refractivity contribution in [2.45, 2.75) is 29.4 Å². The topological polar surface area (TPSA) is 60.7 Å². The molecule has 3 nitrogen and oxygen atoms in total. The first kappa shape index (κ1) is 26.5. The fourth-order valence-electron chi connectivity index (χ4n) is 3.66. The van der Waals surface area contributed by atoms with Crippen molar-refractivity contribution in [1.29, 1.82) is 0 Å². The van der Waals surface area contributed by atoms with Crippen LogP contribution in [0.1, 0.15) is 34.7 Å². The maximum Gasteiger partial charge on any atom is 0.143 e. The van der Waals surface area contributed by atoms with Crippen LogP contribution in [0.3, 0.4) is 0 Å². The van der Waals surface area contributed by atoms with Crippen molar-refractivity contribution in [3.63, 3.8) is 0 Å². The smallest absolute Gasteiger partial charge is 0.143 e. The molecule has 0 fully saturated rings. The summed E-state index contributed by atoms with van der Waals surface area (Å²) in [4.78, 5) is 0. The van der Waals surface area contributed by atoms with Crippen molar-refractivity contribution in [2.75, 3.05) is 0 Å².